The Morgan fingerprint density at radius 3 is 2.41 bits per heavy atom. The lowest BCUT2D eigenvalue weighted by atomic mass is 10.1. The van der Waals surface area contributed by atoms with Gasteiger partial charge in [-0.3, -0.25) is 9.69 Å². The molecule has 170 valence electrons. The van der Waals surface area contributed by atoms with E-state index in [9.17, 15) is 9.59 Å². The molecule has 0 spiro atoms. The number of aryl methyl sites for hydroxylation is 1. The number of benzene rings is 1. The summed E-state index contributed by atoms with van der Waals surface area (Å²) in [5, 5.41) is 5.84. The van der Waals surface area contributed by atoms with Crippen LogP contribution in [0, 0.1) is 6.92 Å². The Bertz CT molecular complexity index is 923. The molecule has 2 aliphatic heterocycles. The Balaban J connectivity index is 1.25. The van der Waals surface area contributed by atoms with Gasteiger partial charge in [-0.25, -0.2) is 14.8 Å². The van der Waals surface area contributed by atoms with Crippen molar-refractivity contribution in [1.29, 1.82) is 0 Å². The van der Waals surface area contributed by atoms with E-state index in [1.165, 1.54) is 0 Å². The summed E-state index contributed by atoms with van der Waals surface area (Å²) in [4.78, 5) is 40.4. The molecular formula is C23H31N7O2. The number of hydrogen-bond donors (Lipinski definition) is 2. The summed E-state index contributed by atoms with van der Waals surface area (Å²) in [6.07, 6.45) is 5.59. The zero-order valence-electron chi connectivity index (χ0n) is 18.6. The van der Waals surface area contributed by atoms with E-state index in [0.29, 0.717) is 17.8 Å². The van der Waals surface area contributed by atoms with E-state index < -0.39 is 0 Å². The zero-order chi connectivity index (χ0) is 22.3. The molecule has 2 aliphatic rings. The van der Waals surface area contributed by atoms with Crippen molar-refractivity contribution >= 4 is 23.6 Å². The van der Waals surface area contributed by atoms with Crippen LogP contribution in [-0.2, 0) is 0 Å². The van der Waals surface area contributed by atoms with Gasteiger partial charge in [0.25, 0.3) is 5.91 Å². The van der Waals surface area contributed by atoms with Gasteiger partial charge in [0.05, 0.1) is 11.3 Å². The third-order valence-corrected chi connectivity index (χ3v) is 6.06. The standard InChI is InChI=1S/C23H31N7O2/c1-18-6-4-7-19(21(31)29-11-2-3-12-29)20(18)27-23(32)26-10-13-28-14-16-30(17-15-28)22-24-8-5-9-25-22/h4-9H,2-3,10-17H2,1H3,(H2,26,27,32). The quantitative estimate of drug-likeness (QED) is 0.718. The summed E-state index contributed by atoms with van der Waals surface area (Å²) in [7, 11) is 0. The number of amides is 3. The largest absolute Gasteiger partial charge is 0.339 e. The highest BCUT2D eigenvalue weighted by Gasteiger charge is 2.23. The van der Waals surface area contributed by atoms with Gasteiger partial charge in [0.2, 0.25) is 5.95 Å². The molecule has 9 nitrogen and oxygen atoms in total. The van der Waals surface area contributed by atoms with Crippen molar-refractivity contribution < 1.29 is 9.59 Å². The van der Waals surface area contributed by atoms with Gasteiger partial charge in [-0.05, 0) is 37.5 Å². The van der Waals surface area contributed by atoms with E-state index in [1.807, 2.05) is 30.0 Å². The maximum Gasteiger partial charge on any atom is 0.319 e. The third-order valence-electron chi connectivity index (χ3n) is 6.06. The summed E-state index contributed by atoms with van der Waals surface area (Å²) in [6.45, 7) is 8.29. The maximum atomic E-state index is 12.9. The van der Waals surface area contributed by atoms with Crippen LogP contribution in [0.3, 0.4) is 0 Å². The number of hydrogen-bond acceptors (Lipinski definition) is 6. The van der Waals surface area contributed by atoms with Gasteiger partial charge < -0.3 is 20.4 Å². The topological polar surface area (TPSA) is 93.7 Å². The van der Waals surface area contributed by atoms with Gasteiger partial charge in [0, 0.05) is 64.8 Å². The van der Waals surface area contributed by atoms with E-state index >= 15 is 0 Å². The molecule has 2 N–H and O–H groups in total. The van der Waals surface area contributed by atoms with Crippen molar-refractivity contribution in [1.82, 2.24) is 25.1 Å². The predicted molar refractivity (Wildman–Crippen MR) is 124 cm³/mol. The highest BCUT2D eigenvalue weighted by atomic mass is 16.2. The van der Waals surface area contributed by atoms with Crippen LogP contribution in [0.4, 0.5) is 16.4 Å². The number of para-hydroxylation sites is 1. The maximum absolute atomic E-state index is 12.9. The number of carbonyl (C=O) groups excluding carboxylic acids is 2. The smallest absolute Gasteiger partial charge is 0.319 e. The lowest BCUT2D eigenvalue weighted by Gasteiger charge is -2.34. The zero-order valence-corrected chi connectivity index (χ0v) is 18.6. The van der Waals surface area contributed by atoms with Gasteiger partial charge in [0.15, 0.2) is 0 Å². The highest BCUT2D eigenvalue weighted by Crippen LogP contribution is 2.24. The van der Waals surface area contributed by atoms with Crippen molar-refractivity contribution in [3.8, 4) is 0 Å². The molecular weight excluding hydrogens is 406 g/mol. The van der Waals surface area contributed by atoms with Crippen LogP contribution in [0.15, 0.2) is 36.7 Å². The van der Waals surface area contributed by atoms with Crippen molar-refractivity contribution in [2.24, 2.45) is 0 Å². The van der Waals surface area contributed by atoms with Crippen LogP contribution in [0.25, 0.3) is 0 Å². The molecule has 3 amide bonds. The van der Waals surface area contributed by atoms with Crippen LogP contribution >= 0.6 is 0 Å². The second-order valence-corrected chi connectivity index (χ2v) is 8.26. The van der Waals surface area contributed by atoms with E-state index in [2.05, 4.69) is 30.4 Å². The molecule has 2 fully saturated rings. The van der Waals surface area contributed by atoms with E-state index in [-0.39, 0.29) is 11.9 Å². The normalized spacial score (nSPS) is 16.8. The molecule has 0 atom stereocenters. The number of rotatable bonds is 6. The Kier molecular flexibility index (Phi) is 7.16. The fraction of sp³-hybridized carbons (Fsp3) is 0.478. The molecule has 0 saturated carbocycles. The first-order chi connectivity index (χ1) is 15.6. The fourth-order valence-corrected chi connectivity index (χ4v) is 4.21. The molecule has 1 aromatic heterocycles. The Morgan fingerprint density at radius 2 is 1.69 bits per heavy atom. The van der Waals surface area contributed by atoms with Crippen molar-refractivity contribution in [2.45, 2.75) is 19.8 Å². The Morgan fingerprint density at radius 1 is 0.969 bits per heavy atom. The van der Waals surface area contributed by atoms with Crippen LogP contribution in [-0.4, -0.2) is 84.1 Å². The molecule has 3 heterocycles. The summed E-state index contributed by atoms with van der Waals surface area (Å²) in [5.74, 6) is 0.754. The van der Waals surface area contributed by atoms with Crippen molar-refractivity contribution in [3.05, 3.63) is 47.8 Å². The van der Waals surface area contributed by atoms with Crippen molar-refractivity contribution in [3.63, 3.8) is 0 Å². The molecule has 9 heteroatoms. The van der Waals surface area contributed by atoms with E-state index in [0.717, 1.165) is 70.2 Å². The molecule has 0 bridgehead atoms. The molecule has 2 aromatic rings. The van der Waals surface area contributed by atoms with Crippen LogP contribution in [0.1, 0.15) is 28.8 Å². The highest BCUT2D eigenvalue weighted by molar-refractivity contribution is 6.04. The first kappa shape index (κ1) is 22.0. The first-order valence-electron chi connectivity index (χ1n) is 11.3. The predicted octanol–water partition coefficient (Wildman–Crippen LogP) is 1.96. The van der Waals surface area contributed by atoms with Gasteiger partial charge in [-0.15, -0.1) is 0 Å². The number of carbonyl (C=O) groups is 2. The SMILES string of the molecule is Cc1cccc(C(=O)N2CCCC2)c1NC(=O)NCCN1CCN(c2ncccn2)CC1. The monoisotopic (exact) mass is 437 g/mol. The third kappa shape index (κ3) is 5.34. The molecule has 0 radical (unpaired) electrons. The summed E-state index contributed by atoms with van der Waals surface area (Å²) < 4.78 is 0. The lowest BCUT2D eigenvalue weighted by Crippen LogP contribution is -2.49. The van der Waals surface area contributed by atoms with Gasteiger partial charge in [-0.2, -0.15) is 0 Å². The summed E-state index contributed by atoms with van der Waals surface area (Å²) in [6, 6.07) is 7.09. The number of piperazine rings is 1. The number of aromatic nitrogens is 2. The van der Waals surface area contributed by atoms with Crippen LogP contribution < -0.4 is 15.5 Å². The van der Waals surface area contributed by atoms with Gasteiger partial charge in [0.1, 0.15) is 0 Å². The molecule has 1 aromatic carbocycles. The minimum Gasteiger partial charge on any atom is -0.339 e. The number of nitrogens with zero attached hydrogens (tertiary/aromatic N) is 5. The number of anilines is 2. The molecule has 0 unspecified atom stereocenters. The van der Waals surface area contributed by atoms with Crippen LogP contribution in [0.5, 0.6) is 0 Å². The second kappa shape index (κ2) is 10.4. The fourth-order valence-electron chi connectivity index (χ4n) is 4.21. The molecule has 0 aliphatic carbocycles. The minimum absolute atomic E-state index is 0.0123. The number of urea groups is 1. The molecule has 2 saturated heterocycles. The minimum atomic E-state index is -0.286. The number of likely N-dealkylation sites (tertiary alicyclic amines) is 1. The number of nitrogens with one attached hydrogen (secondary N) is 2. The molecule has 4 rings (SSSR count). The van der Waals surface area contributed by atoms with E-state index in [4.69, 9.17) is 0 Å². The molecule has 32 heavy (non-hydrogen) atoms. The lowest BCUT2D eigenvalue weighted by molar-refractivity contribution is 0.0793. The van der Waals surface area contributed by atoms with Crippen molar-refractivity contribution in [2.75, 3.05) is 62.6 Å². The Hall–Kier alpha value is -3.20. The summed E-state index contributed by atoms with van der Waals surface area (Å²) in [5.41, 5.74) is 2.03. The average Bonchev–Trinajstić information content (AvgIpc) is 3.36. The van der Waals surface area contributed by atoms with E-state index in [1.54, 1.807) is 18.5 Å². The average molecular weight is 438 g/mol. The van der Waals surface area contributed by atoms with Gasteiger partial charge >= 0.3 is 6.03 Å². The van der Waals surface area contributed by atoms with Crippen LogP contribution in [0.2, 0.25) is 0 Å². The summed E-state index contributed by atoms with van der Waals surface area (Å²) >= 11 is 0. The Labute approximate surface area is 188 Å². The van der Waals surface area contributed by atoms with Gasteiger partial charge in [-0.1, -0.05) is 12.1 Å². The first-order valence-corrected chi connectivity index (χ1v) is 11.3. The second-order valence-electron chi connectivity index (χ2n) is 8.26.